The molecule has 2 aromatic carbocycles. The number of carboxylic acid groups (broad SMARTS) is 1. The molecule has 0 aliphatic rings. The minimum Gasteiger partial charge on any atom is -0.478 e. The lowest BCUT2D eigenvalue weighted by atomic mass is 10.1. The van der Waals surface area contributed by atoms with E-state index in [0.29, 0.717) is 5.69 Å². The zero-order chi connectivity index (χ0) is 18.6. The summed E-state index contributed by atoms with van der Waals surface area (Å²) in [6.45, 7) is 0. The lowest BCUT2D eigenvalue weighted by molar-refractivity contribution is -0.137. The number of alkyl halides is 3. The van der Waals surface area contributed by atoms with Gasteiger partial charge in [-0.15, -0.1) is 0 Å². The number of hydrogen-bond donors (Lipinski definition) is 2. The Kier molecular flexibility index (Phi) is 5.48. The predicted octanol–water partition coefficient (Wildman–Crippen LogP) is 4.71. The van der Waals surface area contributed by atoms with Crippen LogP contribution in [0.5, 0.6) is 0 Å². The second-order valence-electron chi connectivity index (χ2n) is 4.94. The van der Waals surface area contributed by atoms with Crippen LogP contribution in [0.15, 0.2) is 48.5 Å². The fourth-order valence-corrected chi connectivity index (χ4v) is 2.14. The number of nitrogens with one attached hydrogen (secondary N) is 1. The van der Waals surface area contributed by atoms with E-state index in [1.165, 1.54) is 36.4 Å². The average Bonchev–Trinajstić information content (AvgIpc) is 2.53. The summed E-state index contributed by atoms with van der Waals surface area (Å²) in [5.74, 6) is -1.67. The maximum Gasteiger partial charge on any atom is 0.417 e. The summed E-state index contributed by atoms with van der Waals surface area (Å²) in [7, 11) is 0. The molecule has 0 aliphatic carbocycles. The Morgan fingerprint density at radius 3 is 2.28 bits per heavy atom. The molecule has 0 spiro atoms. The lowest BCUT2D eigenvalue weighted by Crippen LogP contribution is -2.08. The van der Waals surface area contributed by atoms with Crippen LogP contribution in [-0.4, -0.2) is 17.0 Å². The standard InChI is InChI=1S/C17H11ClF3NO3/c18-14-7-1-10(9-13(14)17(19,20)21)2-8-15(23)22-12-5-3-11(4-6-12)16(24)25/h1-9H,(H,22,23)(H,24,25)/b8-2+. The molecule has 0 aromatic heterocycles. The number of carbonyl (C=O) groups excluding carboxylic acids is 1. The van der Waals surface area contributed by atoms with Gasteiger partial charge in [0.2, 0.25) is 5.91 Å². The monoisotopic (exact) mass is 369 g/mol. The smallest absolute Gasteiger partial charge is 0.417 e. The van der Waals surface area contributed by atoms with E-state index in [0.717, 1.165) is 18.2 Å². The van der Waals surface area contributed by atoms with Gasteiger partial charge in [0, 0.05) is 11.8 Å². The van der Waals surface area contributed by atoms with Crippen LogP contribution >= 0.6 is 11.6 Å². The third-order valence-electron chi connectivity index (χ3n) is 3.12. The molecule has 2 N–H and O–H groups in total. The molecule has 0 fully saturated rings. The number of hydrogen-bond acceptors (Lipinski definition) is 2. The van der Waals surface area contributed by atoms with Crippen LogP contribution in [0.2, 0.25) is 5.02 Å². The molecule has 25 heavy (non-hydrogen) atoms. The van der Waals surface area contributed by atoms with Crippen molar-refractivity contribution in [2.45, 2.75) is 6.18 Å². The van der Waals surface area contributed by atoms with Crippen LogP contribution in [0, 0.1) is 0 Å². The highest BCUT2D eigenvalue weighted by atomic mass is 35.5. The van der Waals surface area contributed by atoms with Crippen LogP contribution in [0.25, 0.3) is 6.08 Å². The van der Waals surface area contributed by atoms with Gasteiger partial charge in [-0.2, -0.15) is 13.2 Å². The van der Waals surface area contributed by atoms with Gasteiger partial charge in [-0.25, -0.2) is 4.79 Å². The molecule has 4 nitrogen and oxygen atoms in total. The van der Waals surface area contributed by atoms with Gasteiger partial charge < -0.3 is 10.4 Å². The van der Waals surface area contributed by atoms with E-state index >= 15 is 0 Å². The van der Waals surface area contributed by atoms with Crippen LogP contribution in [-0.2, 0) is 11.0 Å². The van der Waals surface area contributed by atoms with Crippen LogP contribution in [0.4, 0.5) is 18.9 Å². The van der Waals surface area contributed by atoms with Gasteiger partial charge in [0.05, 0.1) is 16.1 Å². The largest absolute Gasteiger partial charge is 0.478 e. The van der Waals surface area contributed by atoms with Crippen molar-refractivity contribution in [2.75, 3.05) is 5.32 Å². The van der Waals surface area contributed by atoms with Crippen molar-refractivity contribution in [3.05, 3.63) is 70.3 Å². The van der Waals surface area contributed by atoms with Crippen LogP contribution in [0.3, 0.4) is 0 Å². The molecule has 0 aliphatic heterocycles. The van der Waals surface area contributed by atoms with E-state index in [1.54, 1.807) is 0 Å². The maximum absolute atomic E-state index is 12.8. The third-order valence-corrected chi connectivity index (χ3v) is 3.45. The molecule has 1 amide bonds. The fourth-order valence-electron chi connectivity index (χ4n) is 1.92. The lowest BCUT2D eigenvalue weighted by Gasteiger charge is -2.09. The van der Waals surface area contributed by atoms with Gasteiger partial charge in [-0.05, 0) is 48.0 Å². The van der Waals surface area contributed by atoms with Crippen molar-refractivity contribution in [3.63, 3.8) is 0 Å². The molecule has 8 heteroatoms. The Hall–Kier alpha value is -2.80. The van der Waals surface area contributed by atoms with E-state index in [-0.39, 0.29) is 11.1 Å². The molecule has 0 atom stereocenters. The molecule has 0 heterocycles. The van der Waals surface area contributed by atoms with Gasteiger partial charge in [-0.1, -0.05) is 17.7 Å². The predicted molar refractivity (Wildman–Crippen MR) is 87.5 cm³/mol. The first-order valence-corrected chi connectivity index (χ1v) is 7.24. The summed E-state index contributed by atoms with van der Waals surface area (Å²) < 4.78 is 38.3. The van der Waals surface area contributed by atoms with E-state index < -0.39 is 28.6 Å². The van der Waals surface area contributed by atoms with Crippen molar-refractivity contribution in [1.29, 1.82) is 0 Å². The van der Waals surface area contributed by atoms with E-state index in [2.05, 4.69) is 5.32 Å². The number of carboxylic acids is 1. The van der Waals surface area contributed by atoms with Gasteiger partial charge in [0.15, 0.2) is 0 Å². The van der Waals surface area contributed by atoms with Gasteiger partial charge in [-0.3, -0.25) is 4.79 Å². The molecule has 2 rings (SSSR count). The highest BCUT2D eigenvalue weighted by molar-refractivity contribution is 6.31. The number of amides is 1. The number of carbonyl (C=O) groups is 2. The number of halogens is 4. The number of anilines is 1. The Balaban J connectivity index is 2.09. The van der Waals surface area contributed by atoms with E-state index in [9.17, 15) is 22.8 Å². The summed E-state index contributed by atoms with van der Waals surface area (Å²) in [6, 6.07) is 8.73. The van der Waals surface area contributed by atoms with E-state index in [1.807, 2.05) is 0 Å². The molecule has 2 aromatic rings. The number of aromatic carboxylic acids is 1. The molecule has 0 bridgehead atoms. The highest BCUT2D eigenvalue weighted by Gasteiger charge is 2.33. The summed E-state index contributed by atoms with van der Waals surface area (Å²) in [4.78, 5) is 22.5. The van der Waals surface area contributed by atoms with Crippen molar-refractivity contribution in [2.24, 2.45) is 0 Å². The van der Waals surface area contributed by atoms with Crippen molar-refractivity contribution in [1.82, 2.24) is 0 Å². The summed E-state index contributed by atoms with van der Waals surface area (Å²) in [5.41, 5.74) is -0.407. The van der Waals surface area contributed by atoms with Crippen LogP contribution < -0.4 is 5.32 Å². The third kappa shape index (κ3) is 5.09. The van der Waals surface area contributed by atoms with Crippen molar-refractivity contribution < 1.29 is 27.9 Å². The van der Waals surface area contributed by atoms with Gasteiger partial charge >= 0.3 is 12.1 Å². The molecule has 0 saturated carbocycles. The number of benzene rings is 2. The summed E-state index contributed by atoms with van der Waals surface area (Å²) in [6.07, 6.45) is -2.31. The Bertz CT molecular complexity index is 830. The summed E-state index contributed by atoms with van der Waals surface area (Å²) >= 11 is 5.52. The van der Waals surface area contributed by atoms with Crippen molar-refractivity contribution in [3.8, 4) is 0 Å². The fraction of sp³-hybridized carbons (Fsp3) is 0.0588. The number of rotatable bonds is 4. The zero-order valence-electron chi connectivity index (χ0n) is 12.5. The maximum atomic E-state index is 12.8. The normalized spacial score (nSPS) is 11.5. The Labute approximate surface area is 145 Å². The quantitative estimate of drug-likeness (QED) is 0.767. The SMILES string of the molecule is O=C(/C=C/c1ccc(Cl)c(C(F)(F)F)c1)Nc1ccc(C(=O)O)cc1. The molecule has 0 saturated heterocycles. The molecule has 0 unspecified atom stereocenters. The first-order valence-electron chi connectivity index (χ1n) is 6.86. The Morgan fingerprint density at radius 2 is 1.72 bits per heavy atom. The summed E-state index contributed by atoms with van der Waals surface area (Å²) in [5, 5.41) is 10.8. The second kappa shape index (κ2) is 7.40. The average molecular weight is 370 g/mol. The minimum absolute atomic E-state index is 0.0642. The second-order valence-corrected chi connectivity index (χ2v) is 5.35. The Morgan fingerprint density at radius 1 is 1.08 bits per heavy atom. The molecular formula is C17H11ClF3NO3. The van der Waals surface area contributed by atoms with Gasteiger partial charge in [0.25, 0.3) is 0 Å². The topological polar surface area (TPSA) is 66.4 Å². The minimum atomic E-state index is -4.59. The first kappa shape index (κ1) is 18.5. The molecule has 0 radical (unpaired) electrons. The van der Waals surface area contributed by atoms with Gasteiger partial charge in [0.1, 0.15) is 0 Å². The molecule has 130 valence electrons. The van der Waals surface area contributed by atoms with E-state index in [4.69, 9.17) is 16.7 Å². The highest BCUT2D eigenvalue weighted by Crippen LogP contribution is 2.35. The van der Waals surface area contributed by atoms with Crippen molar-refractivity contribution >= 4 is 35.2 Å². The molecular weight excluding hydrogens is 359 g/mol. The zero-order valence-corrected chi connectivity index (χ0v) is 13.2. The van der Waals surface area contributed by atoms with Crippen LogP contribution in [0.1, 0.15) is 21.5 Å². The first-order chi connectivity index (χ1) is 11.7.